The SMILES string of the molecule is COc1cc(OC(F)F)cnc1N. The second-order valence-electron chi connectivity index (χ2n) is 2.14. The molecule has 0 saturated heterocycles. The van der Waals surface area contributed by atoms with Gasteiger partial charge in [-0.2, -0.15) is 8.78 Å². The van der Waals surface area contributed by atoms with Crippen molar-refractivity contribution >= 4 is 5.82 Å². The van der Waals surface area contributed by atoms with Gasteiger partial charge < -0.3 is 15.2 Å². The molecule has 4 nitrogen and oxygen atoms in total. The number of halogens is 2. The summed E-state index contributed by atoms with van der Waals surface area (Å²) in [6, 6.07) is 1.24. The number of hydrogen-bond donors (Lipinski definition) is 1. The quantitative estimate of drug-likeness (QED) is 0.779. The van der Waals surface area contributed by atoms with Crippen LogP contribution in [0.5, 0.6) is 11.5 Å². The van der Waals surface area contributed by atoms with E-state index in [0.29, 0.717) is 0 Å². The van der Waals surface area contributed by atoms with E-state index in [9.17, 15) is 8.78 Å². The van der Waals surface area contributed by atoms with E-state index in [1.165, 1.54) is 13.2 Å². The molecule has 0 saturated carbocycles. The maximum Gasteiger partial charge on any atom is 0.387 e. The largest absolute Gasteiger partial charge is 0.493 e. The molecule has 0 fully saturated rings. The molecule has 0 aliphatic heterocycles. The summed E-state index contributed by atoms with van der Waals surface area (Å²) in [5, 5.41) is 0. The van der Waals surface area contributed by atoms with Gasteiger partial charge >= 0.3 is 6.61 Å². The van der Waals surface area contributed by atoms with Gasteiger partial charge in [0.05, 0.1) is 13.3 Å². The summed E-state index contributed by atoms with van der Waals surface area (Å²) in [5.41, 5.74) is 5.35. The van der Waals surface area contributed by atoms with Crippen molar-refractivity contribution in [2.45, 2.75) is 6.61 Å². The first kappa shape index (κ1) is 9.50. The molecule has 13 heavy (non-hydrogen) atoms. The maximum atomic E-state index is 11.7. The predicted molar refractivity (Wildman–Crippen MR) is 41.8 cm³/mol. The standard InChI is InChI=1S/C7H8F2N2O2/c1-12-5-2-4(13-7(8)9)3-11-6(5)10/h2-3,7H,1H3,(H2,10,11). The number of methoxy groups -OCH3 is 1. The Morgan fingerprint density at radius 1 is 1.54 bits per heavy atom. The number of alkyl halides is 2. The molecular formula is C7H8F2N2O2. The van der Waals surface area contributed by atoms with Crippen molar-refractivity contribution in [2.75, 3.05) is 12.8 Å². The molecule has 0 bridgehead atoms. The van der Waals surface area contributed by atoms with Crippen molar-refractivity contribution in [2.24, 2.45) is 0 Å². The fourth-order valence-electron chi connectivity index (χ4n) is 0.768. The van der Waals surface area contributed by atoms with E-state index < -0.39 is 6.61 Å². The second-order valence-corrected chi connectivity index (χ2v) is 2.14. The van der Waals surface area contributed by atoms with Crippen LogP contribution < -0.4 is 15.2 Å². The zero-order chi connectivity index (χ0) is 9.84. The highest BCUT2D eigenvalue weighted by atomic mass is 19.3. The van der Waals surface area contributed by atoms with Crippen LogP contribution in [-0.2, 0) is 0 Å². The van der Waals surface area contributed by atoms with E-state index in [1.54, 1.807) is 0 Å². The Morgan fingerprint density at radius 2 is 2.23 bits per heavy atom. The Morgan fingerprint density at radius 3 is 2.77 bits per heavy atom. The third kappa shape index (κ3) is 2.43. The summed E-state index contributed by atoms with van der Waals surface area (Å²) in [6.07, 6.45) is 1.10. The summed E-state index contributed by atoms with van der Waals surface area (Å²) in [7, 11) is 1.36. The number of anilines is 1. The first-order chi connectivity index (χ1) is 6.13. The number of nitrogens with zero attached hydrogens (tertiary/aromatic N) is 1. The minimum atomic E-state index is -2.88. The summed E-state index contributed by atoms with van der Waals surface area (Å²) in [5.74, 6) is 0.253. The number of nitrogens with two attached hydrogens (primary N) is 1. The second kappa shape index (κ2) is 3.88. The molecule has 0 aliphatic carbocycles. The molecule has 0 atom stereocenters. The lowest BCUT2D eigenvalue weighted by Gasteiger charge is -2.07. The van der Waals surface area contributed by atoms with Crippen molar-refractivity contribution in [3.8, 4) is 11.5 Å². The van der Waals surface area contributed by atoms with Crippen LogP contribution in [0.3, 0.4) is 0 Å². The molecular weight excluding hydrogens is 182 g/mol. The van der Waals surface area contributed by atoms with Crippen molar-refractivity contribution in [1.82, 2.24) is 4.98 Å². The van der Waals surface area contributed by atoms with Crippen molar-refractivity contribution in [1.29, 1.82) is 0 Å². The average Bonchev–Trinajstić information content (AvgIpc) is 2.07. The number of nitrogen functional groups attached to an aromatic ring is 1. The Hall–Kier alpha value is -1.59. The zero-order valence-electron chi connectivity index (χ0n) is 6.83. The summed E-state index contributed by atoms with van der Waals surface area (Å²) < 4.78 is 32.3. The predicted octanol–water partition coefficient (Wildman–Crippen LogP) is 1.27. The molecule has 0 radical (unpaired) electrons. The van der Waals surface area contributed by atoms with Crippen molar-refractivity contribution < 1.29 is 18.3 Å². The molecule has 72 valence electrons. The van der Waals surface area contributed by atoms with Gasteiger partial charge in [-0.15, -0.1) is 0 Å². The molecule has 0 aliphatic rings. The topological polar surface area (TPSA) is 57.4 Å². The molecule has 1 aromatic rings. The van der Waals surface area contributed by atoms with Gasteiger partial charge in [-0.05, 0) is 0 Å². The van der Waals surface area contributed by atoms with Crippen molar-refractivity contribution in [3.05, 3.63) is 12.3 Å². The molecule has 6 heteroatoms. The Balaban J connectivity index is 2.86. The van der Waals surface area contributed by atoms with E-state index in [-0.39, 0.29) is 17.3 Å². The highest BCUT2D eigenvalue weighted by Gasteiger charge is 2.07. The molecule has 1 aromatic heterocycles. The number of hydrogen-bond acceptors (Lipinski definition) is 4. The maximum absolute atomic E-state index is 11.7. The first-order valence-electron chi connectivity index (χ1n) is 3.38. The fraction of sp³-hybridized carbons (Fsp3) is 0.286. The zero-order valence-corrected chi connectivity index (χ0v) is 6.83. The lowest BCUT2D eigenvalue weighted by molar-refractivity contribution is -0.0501. The van der Waals surface area contributed by atoms with Crippen LogP contribution in [-0.4, -0.2) is 18.7 Å². The lowest BCUT2D eigenvalue weighted by Crippen LogP contribution is -2.03. The lowest BCUT2D eigenvalue weighted by atomic mass is 10.4. The molecule has 0 spiro atoms. The van der Waals surface area contributed by atoms with Gasteiger partial charge in [0.25, 0.3) is 0 Å². The molecule has 0 unspecified atom stereocenters. The molecule has 1 heterocycles. The van der Waals surface area contributed by atoms with Gasteiger partial charge in [0.15, 0.2) is 11.6 Å². The molecule has 0 aromatic carbocycles. The number of pyridine rings is 1. The van der Waals surface area contributed by atoms with Gasteiger partial charge in [-0.1, -0.05) is 0 Å². The number of aromatic nitrogens is 1. The van der Waals surface area contributed by atoms with Crippen LogP contribution in [0.25, 0.3) is 0 Å². The average molecular weight is 190 g/mol. The highest BCUT2D eigenvalue weighted by molar-refractivity contribution is 5.48. The van der Waals surface area contributed by atoms with Gasteiger partial charge in [0, 0.05) is 6.07 Å². The number of ether oxygens (including phenoxy) is 2. The van der Waals surface area contributed by atoms with Crippen molar-refractivity contribution in [3.63, 3.8) is 0 Å². The van der Waals surface area contributed by atoms with Gasteiger partial charge in [0.2, 0.25) is 0 Å². The minimum Gasteiger partial charge on any atom is -0.493 e. The minimum absolute atomic E-state index is 0.0824. The van der Waals surface area contributed by atoms with Crippen LogP contribution in [0.2, 0.25) is 0 Å². The Labute approximate surface area is 73.3 Å². The van der Waals surface area contributed by atoms with Crippen LogP contribution in [0, 0.1) is 0 Å². The number of rotatable bonds is 3. The van der Waals surface area contributed by atoms with Crippen LogP contribution in [0.4, 0.5) is 14.6 Å². The smallest absolute Gasteiger partial charge is 0.387 e. The highest BCUT2D eigenvalue weighted by Crippen LogP contribution is 2.24. The van der Waals surface area contributed by atoms with Crippen LogP contribution >= 0.6 is 0 Å². The third-order valence-electron chi connectivity index (χ3n) is 1.30. The first-order valence-corrected chi connectivity index (χ1v) is 3.38. The van der Waals surface area contributed by atoms with E-state index in [2.05, 4.69) is 9.72 Å². The summed E-state index contributed by atoms with van der Waals surface area (Å²) in [4.78, 5) is 3.60. The normalized spacial score (nSPS) is 10.2. The molecule has 2 N–H and O–H groups in total. The Kier molecular flexibility index (Phi) is 2.84. The third-order valence-corrected chi connectivity index (χ3v) is 1.30. The molecule has 0 amide bonds. The van der Waals surface area contributed by atoms with Crippen LogP contribution in [0.15, 0.2) is 12.3 Å². The summed E-state index contributed by atoms with van der Waals surface area (Å²) in [6.45, 7) is -2.88. The molecule has 1 rings (SSSR count). The fourth-order valence-corrected chi connectivity index (χ4v) is 0.768. The van der Waals surface area contributed by atoms with E-state index in [4.69, 9.17) is 10.5 Å². The summed E-state index contributed by atoms with van der Waals surface area (Å²) >= 11 is 0. The van der Waals surface area contributed by atoms with E-state index in [0.717, 1.165) is 6.20 Å². The van der Waals surface area contributed by atoms with Crippen LogP contribution in [0.1, 0.15) is 0 Å². The van der Waals surface area contributed by atoms with Gasteiger partial charge in [0.1, 0.15) is 5.75 Å². The Bertz CT molecular complexity index is 294. The van der Waals surface area contributed by atoms with E-state index in [1.807, 2.05) is 0 Å². The van der Waals surface area contributed by atoms with E-state index >= 15 is 0 Å². The van der Waals surface area contributed by atoms with Gasteiger partial charge in [-0.3, -0.25) is 0 Å². The monoisotopic (exact) mass is 190 g/mol. The van der Waals surface area contributed by atoms with Gasteiger partial charge in [-0.25, -0.2) is 4.98 Å².